The largest absolute Gasteiger partial charge is 0.478 e. The number of ether oxygens (including phenoxy) is 2. The van der Waals surface area contributed by atoms with E-state index in [1.54, 1.807) is 6.07 Å². The second-order valence-corrected chi connectivity index (χ2v) is 4.50. The molecule has 0 radical (unpaired) electrons. The molecule has 0 aliphatic rings. The number of amides is 1. The second kappa shape index (κ2) is 7.88. The first-order valence-corrected chi connectivity index (χ1v) is 6.23. The van der Waals surface area contributed by atoms with Crippen molar-refractivity contribution in [1.29, 1.82) is 0 Å². The molecule has 0 heterocycles. The molecule has 0 saturated carbocycles. The van der Waals surface area contributed by atoms with Crippen molar-refractivity contribution in [1.82, 2.24) is 0 Å². The van der Waals surface area contributed by atoms with Crippen molar-refractivity contribution in [3.8, 4) is 0 Å². The molecule has 0 aromatic heterocycles. The van der Waals surface area contributed by atoms with Gasteiger partial charge in [0.2, 0.25) is 5.91 Å². The molecule has 19 heavy (non-hydrogen) atoms. The van der Waals surface area contributed by atoms with Gasteiger partial charge in [0.05, 0.1) is 24.5 Å². The van der Waals surface area contributed by atoms with Crippen molar-refractivity contribution in [2.45, 2.75) is 0 Å². The van der Waals surface area contributed by atoms with Gasteiger partial charge in [0, 0.05) is 11.6 Å². The Hall–Kier alpha value is -1.44. The van der Waals surface area contributed by atoms with Crippen molar-refractivity contribution in [3.63, 3.8) is 0 Å². The average molecular weight is 332 g/mol. The lowest BCUT2D eigenvalue weighted by Gasteiger charge is -2.09. The maximum absolute atomic E-state index is 11.6. The van der Waals surface area contributed by atoms with Crippen LogP contribution in [-0.4, -0.2) is 43.9 Å². The van der Waals surface area contributed by atoms with Gasteiger partial charge in [-0.15, -0.1) is 0 Å². The number of rotatable bonds is 7. The number of carboxylic acids is 1. The summed E-state index contributed by atoms with van der Waals surface area (Å²) < 4.78 is 10.4. The van der Waals surface area contributed by atoms with Gasteiger partial charge in [0.25, 0.3) is 0 Å². The Bertz CT molecular complexity index is 463. The van der Waals surface area contributed by atoms with E-state index in [0.717, 1.165) is 0 Å². The summed E-state index contributed by atoms with van der Waals surface area (Å²) in [6, 6.07) is 4.58. The Labute approximate surface area is 118 Å². The molecule has 0 aliphatic carbocycles. The van der Waals surface area contributed by atoms with Crippen LogP contribution in [0.2, 0.25) is 0 Å². The minimum atomic E-state index is -1.11. The Morgan fingerprint density at radius 1 is 1.37 bits per heavy atom. The number of nitrogens with one attached hydrogen (secondary N) is 1. The van der Waals surface area contributed by atoms with Crippen LogP contribution in [0, 0.1) is 0 Å². The molecule has 1 aromatic rings. The van der Waals surface area contributed by atoms with Gasteiger partial charge < -0.3 is 19.9 Å². The molecule has 6 nitrogen and oxygen atoms in total. The highest BCUT2D eigenvalue weighted by Crippen LogP contribution is 2.21. The fourth-order valence-electron chi connectivity index (χ4n) is 1.30. The number of halogens is 1. The number of carboxylic acid groups (broad SMARTS) is 1. The van der Waals surface area contributed by atoms with Gasteiger partial charge in [-0.3, -0.25) is 4.79 Å². The fraction of sp³-hybridized carbons (Fsp3) is 0.333. The Morgan fingerprint density at radius 2 is 2.11 bits per heavy atom. The highest BCUT2D eigenvalue weighted by molar-refractivity contribution is 9.10. The molecule has 1 rings (SSSR count). The molecular weight excluding hydrogens is 318 g/mol. The number of aromatic carboxylic acids is 1. The molecule has 1 amide bonds. The molecule has 104 valence electrons. The van der Waals surface area contributed by atoms with Gasteiger partial charge in [-0.25, -0.2) is 4.79 Å². The average Bonchev–Trinajstić information content (AvgIpc) is 2.36. The predicted octanol–water partition coefficient (Wildman–Crippen LogP) is 1.75. The van der Waals surface area contributed by atoms with E-state index < -0.39 is 11.9 Å². The summed E-state index contributed by atoms with van der Waals surface area (Å²) in [5.74, 6) is -1.53. The van der Waals surface area contributed by atoms with E-state index in [-0.39, 0.29) is 17.9 Å². The molecule has 0 aliphatic heterocycles. The molecule has 7 heteroatoms. The number of methoxy groups -OCH3 is 1. The summed E-state index contributed by atoms with van der Waals surface area (Å²) in [7, 11) is 1.53. The van der Waals surface area contributed by atoms with Crippen LogP contribution in [-0.2, 0) is 14.3 Å². The van der Waals surface area contributed by atoms with Gasteiger partial charge in [-0.05, 0) is 18.2 Å². The first-order valence-electron chi connectivity index (χ1n) is 5.44. The van der Waals surface area contributed by atoms with Crippen molar-refractivity contribution in [2.75, 3.05) is 32.2 Å². The van der Waals surface area contributed by atoms with Crippen molar-refractivity contribution in [3.05, 3.63) is 28.2 Å². The molecular formula is C12H14BrNO5. The maximum Gasteiger partial charge on any atom is 0.337 e. The van der Waals surface area contributed by atoms with E-state index in [0.29, 0.717) is 17.7 Å². The molecule has 0 saturated heterocycles. The normalized spacial score (nSPS) is 10.2. The Kier molecular flexibility index (Phi) is 6.48. The molecule has 2 N–H and O–H groups in total. The zero-order chi connectivity index (χ0) is 14.3. The van der Waals surface area contributed by atoms with Crippen LogP contribution >= 0.6 is 15.9 Å². The molecule has 0 bridgehead atoms. The smallest absolute Gasteiger partial charge is 0.337 e. The monoisotopic (exact) mass is 331 g/mol. The molecule has 1 aromatic carbocycles. The van der Waals surface area contributed by atoms with E-state index >= 15 is 0 Å². The highest BCUT2D eigenvalue weighted by Gasteiger charge is 2.13. The molecule has 0 unspecified atom stereocenters. The number of hydrogen-bond acceptors (Lipinski definition) is 4. The van der Waals surface area contributed by atoms with Gasteiger partial charge in [-0.2, -0.15) is 0 Å². The minimum Gasteiger partial charge on any atom is -0.478 e. The van der Waals surface area contributed by atoms with Crippen LogP contribution in [0.5, 0.6) is 0 Å². The minimum absolute atomic E-state index is 0.0135. The number of anilines is 1. The number of hydrogen-bond donors (Lipinski definition) is 2. The number of carbonyl (C=O) groups excluding carboxylic acids is 1. The van der Waals surface area contributed by atoms with Crippen LogP contribution in [0.4, 0.5) is 5.69 Å². The second-order valence-electron chi connectivity index (χ2n) is 3.59. The van der Waals surface area contributed by atoms with E-state index in [9.17, 15) is 9.59 Å². The summed E-state index contributed by atoms with van der Waals surface area (Å²) in [6.45, 7) is 0.542. The molecule has 0 fully saturated rings. The topological polar surface area (TPSA) is 84.9 Å². The summed E-state index contributed by atoms with van der Waals surface area (Å²) >= 11 is 3.18. The Morgan fingerprint density at radius 3 is 2.74 bits per heavy atom. The third kappa shape index (κ3) is 5.37. The van der Waals surface area contributed by atoms with Crippen molar-refractivity contribution < 1.29 is 24.2 Å². The summed E-state index contributed by atoms with van der Waals surface area (Å²) in [6.07, 6.45) is 0. The quantitative estimate of drug-likeness (QED) is 0.743. The first-order chi connectivity index (χ1) is 9.04. The maximum atomic E-state index is 11.6. The third-order valence-electron chi connectivity index (χ3n) is 2.15. The lowest BCUT2D eigenvalue weighted by molar-refractivity contribution is -0.121. The summed E-state index contributed by atoms with van der Waals surface area (Å²) in [5, 5.41) is 11.5. The first kappa shape index (κ1) is 15.6. The number of carbonyl (C=O) groups is 2. The summed E-state index contributed by atoms with van der Waals surface area (Å²) in [5.41, 5.74) is 0.246. The van der Waals surface area contributed by atoms with Gasteiger partial charge in [0.15, 0.2) is 0 Å². The zero-order valence-corrected chi connectivity index (χ0v) is 11.9. The van der Waals surface area contributed by atoms with E-state index in [1.165, 1.54) is 19.2 Å². The lowest BCUT2D eigenvalue weighted by atomic mass is 10.2. The zero-order valence-electron chi connectivity index (χ0n) is 10.3. The van der Waals surface area contributed by atoms with Gasteiger partial charge in [0.1, 0.15) is 6.61 Å². The molecule has 0 atom stereocenters. The van der Waals surface area contributed by atoms with E-state index in [4.69, 9.17) is 14.6 Å². The van der Waals surface area contributed by atoms with E-state index in [2.05, 4.69) is 21.2 Å². The lowest BCUT2D eigenvalue weighted by Crippen LogP contribution is -2.21. The van der Waals surface area contributed by atoms with Crippen LogP contribution in [0.25, 0.3) is 0 Å². The number of benzene rings is 1. The standard InChI is InChI=1S/C12H14BrNO5/c1-18-4-5-19-7-11(15)14-10-3-2-8(13)6-9(10)12(16)17/h2-3,6H,4-5,7H2,1H3,(H,14,15)(H,16,17). The van der Waals surface area contributed by atoms with E-state index in [1.807, 2.05) is 0 Å². The van der Waals surface area contributed by atoms with Crippen molar-refractivity contribution >= 4 is 33.5 Å². The summed E-state index contributed by atoms with van der Waals surface area (Å²) in [4.78, 5) is 22.6. The highest BCUT2D eigenvalue weighted by atomic mass is 79.9. The van der Waals surface area contributed by atoms with Crippen LogP contribution < -0.4 is 5.32 Å². The van der Waals surface area contributed by atoms with Crippen LogP contribution in [0.3, 0.4) is 0 Å². The third-order valence-corrected chi connectivity index (χ3v) is 2.64. The Balaban J connectivity index is 2.61. The van der Waals surface area contributed by atoms with Crippen molar-refractivity contribution in [2.24, 2.45) is 0 Å². The SMILES string of the molecule is COCCOCC(=O)Nc1ccc(Br)cc1C(=O)O. The van der Waals surface area contributed by atoms with Crippen LogP contribution in [0.15, 0.2) is 22.7 Å². The predicted molar refractivity (Wildman–Crippen MR) is 72.4 cm³/mol. The van der Waals surface area contributed by atoms with Gasteiger partial charge >= 0.3 is 5.97 Å². The molecule has 0 spiro atoms. The fourth-order valence-corrected chi connectivity index (χ4v) is 1.66. The van der Waals surface area contributed by atoms with Gasteiger partial charge in [-0.1, -0.05) is 15.9 Å². The van der Waals surface area contributed by atoms with Crippen LogP contribution in [0.1, 0.15) is 10.4 Å².